The fourth-order valence-electron chi connectivity index (χ4n) is 2.07. The molecular formula is C20H14F6N2OU. The summed E-state index contributed by atoms with van der Waals surface area (Å²) in [6, 6.07) is 17.7. The number of anilines is 2. The van der Waals surface area contributed by atoms with Crippen molar-refractivity contribution in [2.45, 2.75) is 12.4 Å². The Labute approximate surface area is 192 Å². The van der Waals surface area contributed by atoms with E-state index in [2.05, 4.69) is 6.07 Å². The number of hydrogen-bond donors (Lipinski definition) is 2. The second kappa shape index (κ2) is 10.6. The zero-order valence-corrected chi connectivity index (χ0v) is 19.3. The molecule has 0 spiro atoms. The van der Waals surface area contributed by atoms with E-state index in [1.807, 2.05) is 6.07 Å². The van der Waals surface area contributed by atoms with Crippen molar-refractivity contribution < 1.29 is 62.2 Å². The zero-order valence-electron chi connectivity index (χ0n) is 15.1. The third kappa shape index (κ3) is 7.84. The summed E-state index contributed by atoms with van der Waals surface area (Å²) >= 11 is 0. The smallest absolute Gasteiger partial charge is 0.482 e. The third-order valence-corrected chi connectivity index (χ3v) is 3.36. The van der Waals surface area contributed by atoms with E-state index in [4.69, 9.17) is 16.2 Å². The van der Waals surface area contributed by atoms with Gasteiger partial charge in [-0.25, -0.2) is 0 Å². The Morgan fingerprint density at radius 1 is 0.733 bits per heavy atom. The summed E-state index contributed by atoms with van der Waals surface area (Å²) in [6.45, 7) is 0. The standard InChI is InChI=1S/C13H9F3NO.C7H5F3N.U/c14-13(15,16)11-8-9(17)6-7-12(11)18-10-4-2-1-3-5-10;8-7(9,10)5-2-1-3-6(11)4-5;/h2-8H,17H2;1,3-4H,11H2;/q2*-1;+2. The molecule has 0 bridgehead atoms. The van der Waals surface area contributed by atoms with Gasteiger partial charge in [0.1, 0.15) is 11.3 Å². The topological polar surface area (TPSA) is 61.3 Å². The fourth-order valence-corrected chi connectivity index (χ4v) is 2.07. The summed E-state index contributed by atoms with van der Waals surface area (Å²) in [6.07, 6.45) is -8.86. The van der Waals surface area contributed by atoms with Crippen LogP contribution in [0.4, 0.5) is 37.7 Å². The molecule has 0 aliphatic carbocycles. The molecule has 0 aliphatic rings. The minimum atomic E-state index is -4.51. The van der Waals surface area contributed by atoms with Crippen molar-refractivity contribution in [2.24, 2.45) is 0 Å². The van der Waals surface area contributed by atoms with Gasteiger partial charge in [0.25, 0.3) is 0 Å². The van der Waals surface area contributed by atoms with Crippen LogP contribution in [0.3, 0.4) is 0 Å². The number of nitrogens with two attached hydrogens (primary N) is 2. The maximum atomic E-state index is 12.8. The molecule has 3 aromatic carbocycles. The predicted octanol–water partition coefficient (Wildman–Crippen LogP) is 5.97. The first-order chi connectivity index (χ1) is 13.5. The van der Waals surface area contributed by atoms with E-state index in [1.165, 1.54) is 30.3 Å². The van der Waals surface area contributed by atoms with Crippen LogP contribution < -0.4 is 16.2 Å². The van der Waals surface area contributed by atoms with E-state index >= 15 is 0 Å². The van der Waals surface area contributed by atoms with Crippen LogP contribution in [0, 0.1) is 43.2 Å². The maximum Gasteiger partial charge on any atom is 2.00 e. The molecule has 0 aromatic heterocycles. The van der Waals surface area contributed by atoms with Gasteiger partial charge in [0.2, 0.25) is 0 Å². The largest absolute Gasteiger partial charge is 2.00 e. The molecule has 3 nitrogen and oxygen atoms in total. The number of halogens is 6. The minimum Gasteiger partial charge on any atom is -0.482 e. The van der Waals surface area contributed by atoms with Crippen LogP contribution in [0.5, 0.6) is 11.5 Å². The Morgan fingerprint density at radius 3 is 1.83 bits per heavy atom. The maximum absolute atomic E-state index is 12.8. The van der Waals surface area contributed by atoms with E-state index in [1.54, 1.807) is 12.1 Å². The minimum absolute atomic E-state index is 0. The van der Waals surface area contributed by atoms with Gasteiger partial charge in [-0.3, -0.25) is 0 Å². The Morgan fingerprint density at radius 2 is 1.33 bits per heavy atom. The number of rotatable bonds is 2. The Kier molecular flexibility index (Phi) is 9.13. The Balaban J connectivity index is 0.000000324. The molecule has 0 aliphatic heterocycles. The molecule has 0 unspecified atom stereocenters. The van der Waals surface area contributed by atoms with Crippen molar-refractivity contribution >= 4 is 11.4 Å². The van der Waals surface area contributed by atoms with Crippen molar-refractivity contribution in [1.82, 2.24) is 0 Å². The van der Waals surface area contributed by atoms with Crippen molar-refractivity contribution in [3.63, 3.8) is 0 Å². The number of ether oxygens (including phenoxy) is 1. The van der Waals surface area contributed by atoms with Gasteiger partial charge in [-0.15, -0.1) is 24.3 Å². The summed E-state index contributed by atoms with van der Waals surface area (Å²) in [5.74, 6) is 0.0342. The molecule has 3 rings (SSSR count). The van der Waals surface area contributed by atoms with Gasteiger partial charge >= 0.3 is 43.5 Å². The number of hydrogen-bond acceptors (Lipinski definition) is 3. The first-order valence-electron chi connectivity index (χ1n) is 7.92. The van der Waals surface area contributed by atoms with Gasteiger partial charge in [-0.05, 0) is 18.2 Å². The van der Waals surface area contributed by atoms with Crippen LogP contribution >= 0.6 is 0 Å². The van der Waals surface area contributed by atoms with E-state index in [0.29, 0.717) is 5.75 Å². The molecule has 156 valence electrons. The molecule has 0 amide bonds. The van der Waals surface area contributed by atoms with Crippen LogP contribution in [0.15, 0.2) is 60.7 Å². The molecule has 0 saturated heterocycles. The normalized spacial score (nSPS) is 11.0. The van der Waals surface area contributed by atoms with Gasteiger partial charge < -0.3 is 16.2 Å². The Hall–Kier alpha value is -2.31. The molecule has 0 radical (unpaired) electrons. The molecule has 4 N–H and O–H groups in total. The van der Waals surface area contributed by atoms with Crippen LogP contribution in [-0.4, -0.2) is 0 Å². The van der Waals surface area contributed by atoms with Crippen molar-refractivity contribution in [1.29, 1.82) is 0 Å². The van der Waals surface area contributed by atoms with Gasteiger partial charge in [-0.2, -0.15) is 56.7 Å². The molecule has 30 heavy (non-hydrogen) atoms. The van der Waals surface area contributed by atoms with E-state index < -0.39 is 23.5 Å². The quantitative estimate of drug-likeness (QED) is 0.204. The van der Waals surface area contributed by atoms with E-state index in [9.17, 15) is 26.3 Å². The van der Waals surface area contributed by atoms with Gasteiger partial charge in [-0.1, -0.05) is 11.3 Å². The second-order valence-corrected chi connectivity index (χ2v) is 5.62. The summed E-state index contributed by atoms with van der Waals surface area (Å²) in [5, 5.41) is 0. The van der Waals surface area contributed by atoms with Gasteiger partial charge in [0.05, 0.1) is 0 Å². The van der Waals surface area contributed by atoms with Crippen LogP contribution in [0.1, 0.15) is 11.1 Å². The van der Waals surface area contributed by atoms with E-state index in [-0.39, 0.29) is 48.2 Å². The molecule has 3 aromatic rings. The van der Waals surface area contributed by atoms with Crippen molar-refractivity contribution in [3.05, 3.63) is 83.9 Å². The average Bonchev–Trinajstić information content (AvgIpc) is 2.63. The third-order valence-electron chi connectivity index (χ3n) is 3.36. The van der Waals surface area contributed by atoms with E-state index in [0.717, 1.165) is 18.2 Å². The van der Waals surface area contributed by atoms with Crippen LogP contribution in [-0.2, 0) is 12.4 Å². The van der Waals surface area contributed by atoms with Crippen molar-refractivity contribution in [3.8, 4) is 11.5 Å². The van der Waals surface area contributed by atoms with Crippen LogP contribution in [0.25, 0.3) is 0 Å². The number of alkyl halides is 6. The fraction of sp³-hybridized carbons (Fsp3) is 0.100. The second-order valence-electron chi connectivity index (χ2n) is 5.62. The summed E-state index contributed by atoms with van der Waals surface area (Å²) in [7, 11) is 0. The predicted molar refractivity (Wildman–Crippen MR) is 95.9 cm³/mol. The van der Waals surface area contributed by atoms with Crippen molar-refractivity contribution in [2.75, 3.05) is 11.5 Å². The monoisotopic (exact) mass is 650 g/mol. The molecular weight excluding hydrogens is 636 g/mol. The summed E-state index contributed by atoms with van der Waals surface area (Å²) < 4.78 is 79.2. The van der Waals surface area contributed by atoms with Crippen LogP contribution in [0.2, 0.25) is 0 Å². The first kappa shape index (κ1) is 25.7. The molecule has 0 fully saturated rings. The summed E-state index contributed by atoms with van der Waals surface area (Å²) in [4.78, 5) is 0. The Bertz CT molecular complexity index is 946. The van der Waals surface area contributed by atoms with Gasteiger partial charge in [0, 0.05) is 11.4 Å². The SMILES string of the molecule is Nc1cc[c-]c(C(F)(F)F)c1.Nc1ccc(Oc2cc[c-]cc2)c(C(F)(F)F)c1.[U+2]. The van der Waals surface area contributed by atoms with Gasteiger partial charge in [0.15, 0.2) is 0 Å². The number of benzene rings is 3. The first-order valence-corrected chi connectivity index (χ1v) is 7.92. The average molecular weight is 650 g/mol. The molecule has 0 heterocycles. The summed E-state index contributed by atoms with van der Waals surface area (Å²) in [5.41, 5.74) is 8.90. The zero-order chi connectivity index (χ0) is 21.7. The molecule has 0 saturated carbocycles. The molecule has 10 heteroatoms. The number of nitrogen functional groups attached to an aromatic ring is 2. The molecule has 0 atom stereocenters.